The number of anilines is 1. The summed E-state index contributed by atoms with van der Waals surface area (Å²) >= 11 is 0. The number of halogens is 3. The lowest BCUT2D eigenvalue weighted by Gasteiger charge is -2.42. The Bertz CT molecular complexity index is 1510. The largest absolute Gasteiger partial charge is 0.454 e. The number of fused-ring (bicyclic) bond motifs is 1. The van der Waals surface area contributed by atoms with Crippen LogP contribution in [-0.4, -0.2) is 17.1 Å². The molecule has 0 N–H and O–H groups in total. The number of allylic oxidation sites excluding steroid dienone is 3. The summed E-state index contributed by atoms with van der Waals surface area (Å²) in [5.74, 6) is 0.358. The van der Waals surface area contributed by atoms with E-state index in [9.17, 15) is 23.2 Å². The fraction of sp³-hybridized carbons (Fsp3) is 0.214. The number of ketones is 1. The van der Waals surface area contributed by atoms with Gasteiger partial charge in [0.1, 0.15) is 5.82 Å². The molecule has 0 saturated carbocycles. The van der Waals surface area contributed by atoms with Crippen LogP contribution in [0.1, 0.15) is 36.3 Å². The molecular formula is C28H20F3N3O3. The van der Waals surface area contributed by atoms with Gasteiger partial charge >= 0.3 is 6.18 Å². The molecule has 0 radical (unpaired) electrons. The van der Waals surface area contributed by atoms with Crippen LogP contribution in [0.3, 0.4) is 0 Å². The van der Waals surface area contributed by atoms with Crippen molar-refractivity contribution in [2.75, 3.05) is 11.7 Å². The Labute approximate surface area is 210 Å². The zero-order valence-electron chi connectivity index (χ0n) is 19.5. The second-order valence-corrected chi connectivity index (χ2v) is 8.97. The molecule has 186 valence electrons. The maximum absolute atomic E-state index is 14.2. The first-order valence-corrected chi connectivity index (χ1v) is 11.8. The lowest BCUT2D eigenvalue weighted by molar-refractivity contribution is -0.137. The molecule has 2 aromatic carbocycles. The van der Waals surface area contributed by atoms with E-state index in [1.165, 1.54) is 23.1 Å². The Kier molecular flexibility index (Phi) is 5.33. The zero-order valence-corrected chi connectivity index (χ0v) is 19.5. The Morgan fingerprint density at radius 3 is 2.49 bits per heavy atom. The second-order valence-electron chi connectivity index (χ2n) is 8.97. The van der Waals surface area contributed by atoms with E-state index < -0.39 is 17.7 Å². The normalized spacial score (nSPS) is 19.2. The van der Waals surface area contributed by atoms with Crippen LogP contribution in [0.25, 0.3) is 5.82 Å². The molecule has 9 heteroatoms. The summed E-state index contributed by atoms with van der Waals surface area (Å²) in [6.07, 6.45) is -0.134. The van der Waals surface area contributed by atoms with Gasteiger partial charge in [-0.05, 0) is 54.8 Å². The molecule has 37 heavy (non-hydrogen) atoms. The van der Waals surface area contributed by atoms with Crippen LogP contribution in [0.15, 0.2) is 83.8 Å². The number of nitrogens with zero attached hydrogens (tertiary/aromatic N) is 3. The lowest BCUT2D eigenvalue weighted by Crippen LogP contribution is -2.37. The average molecular weight is 503 g/mol. The second kappa shape index (κ2) is 8.59. The molecule has 6 rings (SSSR count). The first-order valence-electron chi connectivity index (χ1n) is 11.8. The van der Waals surface area contributed by atoms with Crippen molar-refractivity contribution in [3.8, 4) is 17.6 Å². The Morgan fingerprint density at radius 1 is 0.973 bits per heavy atom. The zero-order chi connectivity index (χ0) is 25.7. The van der Waals surface area contributed by atoms with Gasteiger partial charge < -0.3 is 14.0 Å². The quantitative estimate of drug-likeness (QED) is 0.423. The van der Waals surface area contributed by atoms with Crippen molar-refractivity contribution in [3.63, 3.8) is 0 Å². The van der Waals surface area contributed by atoms with Crippen LogP contribution >= 0.6 is 0 Å². The highest BCUT2D eigenvalue weighted by Gasteiger charge is 2.44. The van der Waals surface area contributed by atoms with Crippen molar-refractivity contribution >= 4 is 17.3 Å². The van der Waals surface area contributed by atoms with E-state index >= 15 is 0 Å². The van der Waals surface area contributed by atoms with E-state index in [1.807, 2.05) is 0 Å². The lowest BCUT2D eigenvalue weighted by atomic mass is 9.75. The summed E-state index contributed by atoms with van der Waals surface area (Å²) in [7, 11) is 0. The van der Waals surface area contributed by atoms with Gasteiger partial charge in [0.05, 0.1) is 28.8 Å². The van der Waals surface area contributed by atoms with E-state index in [2.05, 4.69) is 6.07 Å². The van der Waals surface area contributed by atoms with E-state index in [4.69, 9.17) is 9.47 Å². The van der Waals surface area contributed by atoms with Gasteiger partial charge in [-0.25, -0.2) is 0 Å². The monoisotopic (exact) mass is 503 g/mol. The van der Waals surface area contributed by atoms with Crippen molar-refractivity contribution in [3.05, 3.63) is 95.0 Å². The topological polar surface area (TPSA) is 67.5 Å². The van der Waals surface area contributed by atoms with E-state index in [-0.39, 0.29) is 36.1 Å². The molecule has 6 nitrogen and oxygen atoms in total. The molecule has 0 unspecified atom stereocenters. The summed E-state index contributed by atoms with van der Waals surface area (Å²) < 4.78 is 55.2. The molecule has 2 aliphatic heterocycles. The fourth-order valence-corrected chi connectivity index (χ4v) is 5.37. The molecule has 3 aliphatic rings. The first kappa shape index (κ1) is 23.0. The van der Waals surface area contributed by atoms with Crippen LogP contribution < -0.4 is 14.4 Å². The molecule has 3 aromatic rings. The fourth-order valence-electron chi connectivity index (χ4n) is 5.37. The van der Waals surface area contributed by atoms with Crippen LogP contribution in [0.5, 0.6) is 11.5 Å². The van der Waals surface area contributed by atoms with Crippen LogP contribution in [-0.2, 0) is 11.0 Å². The van der Waals surface area contributed by atoms with Crippen molar-refractivity contribution in [1.29, 1.82) is 5.26 Å². The molecule has 1 aliphatic carbocycles. The average Bonchev–Trinajstić information content (AvgIpc) is 3.59. The van der Waals surface area contributed by atoms with Crippen molar-refractivity contribution < 1.29 is 27.4 Å². The summed E-state index contributed by atoms with van der Waals surface area (Å²) in [4.78, 5) is 14.9. The van der Waals surface area contributed by atoms with E-state index in [0.29, 0.717) is 41.2 Å². The maximum Gasteiger partial charge on any atom is 0.418 e. The van der Waals surface area contributed by atoms with Gasteiger partial charge in [-0.3, -0.25) is 9.69 Å². The predicted molar refractivity (Wildman–Crippen MR) is 128 cm³/mol. The van der Waals surface area contributed by atoms with E-state index in [1.54, 1.807) is 47.3 Å². The third-order valence-electron chi connectivity index (χ3n) is 6.88. The van der Waals surface area contributed by atoms with Crippen LogP contribution in [0.2, 0.25) is 0 Å². The number of nitriles is 1. The van der Waals surface area contributed by atoms with Crippen LogP contribution in [0, 0.1) is 11.3 Å². The van der Waals surface area contributed by atoms with E-state index in [0.717, 1.165) is 6.07 Å². The minimum atomic E-state index is -4.64. The number of alkyl halides is 3. The van der Waals surface area contributed by atoms with Gasteiger partial charge in [0.25, 0.3) is 0 Å². The van der Waals surface area contributed by atoms with Crippen molar-refractivity contribution in [2.45, 2.75) is 31.4 Å². The number of hydrogen-bond donors (Lipinski definition) is 0. The maximum atomic E-state index is 14.2. The van der Waals surface area contributed by atoms with Gasteiger partial charge in [0, 0.05) is 30.1 Å². The number of rotatable bonds is 3. The molecule has 0 fully saturated rings. The molecule has 3 heterocycles. The summed E-state index contributed by atoms with van der Waals surface area (Å²) in [6.45, 7) is 0.0634. The Morgan fingerprint density at radius 2 is 1.73 bits per heavy atom. The molecule has 0 amide bonds. The van der Waals surface area contributed by atoms with Gasteiger partial charge in [-0.2, -0.15) is 18.4 Å². The first-order chi connectivity index (χ1) is 17.9. The number of carbonyl (C=O) groups is 1. The number of hydrogen-bond acceptors (Lipinski definition) is 5. The highest BCUT2D eigenvalue weighted by Crippen LogP contribution is 2.51. The Hall–Kier alpha value is -4.45. The summed E-state index contributed by atoms with van der Waals surface area (Å²) in [5.41, 5.74) is 0.645. The van der Waals surface area contributed by atoms with Crippen molar-refractivity contribution in [1.82, 2.24) is 4.57 Å². The number of Topliss-reactive ketones (excluding diaryl/α,β-unsaturated/α-hetero) is 1. The van der Waals surface area contributed by atoms with Crippen LogP contribution in [0.4, 0.5) is 18.9 Å². The van der Waals surface area contributed by atoms with Gasteiger partial charge in [0.15, 0.2) is 17.3 Å². The standard InChI is InChI=1S/C28H20F3N3O3/c29-28(30,31)19-6-1-2-7-20(19)34-21-8-5-9-22(35)26(21)25(17-10-11-23-24(14-17)37-16-36-23)18(15-32)27(34)33-12-3-4-13-33/h1-4,6-7,10-14,25H,5,8-9,16H2/t25-/m0/s1. The molecule has 1 aromatic heterocycles. The predicted octanol–water partition coefficient (Wildman–Crippen LogP) is 6.24. The minimum Gasteiger partial charge on any atom is -0.454 e. The molecule has 0 saturated heterocycles. The number of benzene rings is 2. The number of ether oxygens (including phenoxy) is 2. The van der Waals surface area contributed by atoms with Gasteiger partial charge in [-0.1, -0.05) is 18.2 Å². The number of aromatic nitrogens is 1. The number of carbonyl (C=O) groups excluding carboxylic acids is 1. The van der Waals surface area contributed by atoms with Gasteiger partial charge in [0.2, 0.25) is 6.79 Å². The Balaban J connectivity index is 1.67. The molecule has 0 spiro atoms. The third kappa shape index (κ3) is 3.68. The molecular weight excluding hydrogens is 483 g/mol. The van der Waals surface area contributed by atoms with Crippen molar-refractivity contribution in [2.24, 2.45) is 0 Å². The van der Waals surface area contributed by atoms with Gasteiger partial charge in [-0.15, -0.1) is 0 Å². The minimum absolute atomic E-state index is 0.0634. The highest BCUT2D eigenvalue weighted by molar-refractivity contribution is 6.03. The summed E-state index contributed by atoms with van der Waals surface area (Å²) in [5, 5.41) is 10.5. The SMILES string of the molecule is N#CC1=C(n2cccc2)N(c2ccccc2C(F)(F)F)C2=C(C(=O)CCC2)[C@H]1c1ccc2c(c1)OCO2. The molecule has 1 atom stereocenters. The third-order valence-corrected chi connectivity index (χ3v) is 6.88. The molecule has 0 bridgehead atoms. The smallest absolute Gasteiger partial charge is 0.418 e. The number of para-hydroxylation sites is 1. The highest BCUT2D eigenvalue weighted by atomic mass is 19.4. The summed E-state index contributed by atoms with van der Waals surface area (Å²) in [6, 6.07) is 16.2.